The molecule has 1 amide bonds. The molecule has 10 heteroatoms. The summed E-state index contributed by atoms with van der Waals surface area (Å²) in [6.07, 6.45) is 0. The van der Waals surface area contributed by atoms with Crippen LogP contribution in [0.5, 0.6) is 11.5 Å². The van der Waals surface area contributed by atoms with Crippen molar-refractivity contribution >= 4 is 28.9 Å². The summed E-state index contributed by atoms with van der Waals surface area (Å²) >= 11 is 1.54. The number of ether oxygens (including phenoxy) is 2. The second-order valence-corrected chi connectivity index (χ2v) is 7.03. The summed E-state index contributed by atoms with van der Waals surface area (Å²) in [5, 5.41) is 19.8. The predicted octanol–water partition coefficient (Wildman–Crippen LogP) is 2.68. The fourth-order valence-corrected chi connectivity index (χ4v) is 3.94. The highest BCUT2D eigenvalue weighted by Gasteiger charge is 2.34. The molecule has 0 saturated heterocycles. The molecule has 0 radical (unpaired) electrons. The van der Waals surface area contributed by atoms with E-state index < -0.39 is 6.04 Å². The number of thiophene rings is 1. The maximum Gasteiger partial charge on any atom is 0.256 e. The Morgan fingerprint density at radius 2 is 2.14 bits per heavy atom. The number of nitrogens with zero attached hydrogens (tertiary/aromatic N) is 4. The van der Waals surface area contributed by atoms with Crippen molar-refractivity contribution in [1.82, 2.24) is 20.2 Å². The van der Waals surface area contributed by atoms with E-state index in [4.69, 9.17) is 9.47 Å². The van der Waals surface area contributed by atoms with Crippen LogP contribution in [0.2, 0.25) is 0 Å². The molecule has 144 valence electrons. The number of tetrazole rings is 1. The van der Waals surface area contributed by atoms with Gasteiger partial charge in [0.2, 0.25) is 5.95 Å². The third-order valence-corrected chi connectivity index (χ3v) is 5.35. The molecular weight excluding hydrogens is 380 g/mol. The molecule has 0 spiro atoms. The maximum absolute atomic E-state index is 13.3. The van der Waals surface area contributed by atoms with E-state index in [0.29, 0.717) is 34.4 Å². The Morgan fingerprint density at radius 3 is 2.86 bits per heavy atom. The van der Waals surface area contributed by atoms with Crippen LogP contribution in [0.4, 0.5) is 11.6 Å². The third kappa shape index (κ3) is 3.07. The molecule has 2 N–H and O–H groups in total. The molecule has 0 saturated carbocycles. The maximum atomic E-state index is 13.3. The third-order valence-electron chi connectivity index (χ3n) is 4.43. The first-order valence-corrected chi connectivity index (χ1v) is 9.32. The lowest BCUT2D eigenvalue weighted by atomic mass is 10.0. The van der Waals surface area contributed by atoms with Gasteiger partial charge in [-0.1, -0.05) is 11.2 Å². The number of aromatic nitrogens is 4. The number of nitrogens with one attached hydrogen (secondary N) is 2. The van der Waals surface area contributed by atoms with Crippen LogP contribution in [0, 0.1) is 0 Å². The van der Waals surface area contributed by atoms with Crippen LogP contribution in [0.3, 0.4) is 0 Å². The van der Waals surface area contributed by atoms with E-state index in [9.17, 15) is 4.79 Å². The number of fused-ring (bicyclic) bond motifs is 1. The number of rotatable bonds is 5. The van der Waals surface area contributed by atoms with Crippen LogP contribution < -0.4 is 20.1 Å². The first-order chi connectivity index (χ1) is 13.6. The van der Waals surface area contributed by atoms with Crippen molar-refractivity contribution in [3.05, 3.63) is 51.9 Å². The normalized spacial score (nSPS) is 15.6. The highest BCUT2D eigenvalue weighted by Crippen LogP contribution is 2.37. The monoisotopic (exact) mass is 398 g/mol. The highest BCUT2D eigenvalue weighted by molar-refractivity contribution is 7.10. The van der Waals surface area contributed by atoms with Crippen LogP contribution in [-0.4, -0.2) is 40.3 Å². The van der Waals surface area contributed by atoms with Gasteiger partial charge in [-0.3, -0.25) is 4.79 Å². The van der Waals surface area contributed by atoms with E-state index in [2.05, 4.69) is 26.2 Å². The average molecular weight is 398 g/mol. The molecular formula is C18H18N6O3S. The van der Waals surface area contributed by atoms with Crippen molar-refractivity contribution < 1.29 is 14.3 Å². The Bertz CT molecular complexity index is 1040. The molecule has 3 aromatic rings. The second kappa shape index (κ2) is 7.31. The Kier molecular flexibility index (Phi) is 4.70. The van der Waals surface area contributed by atoms with Gasteiger partial charge in [0.15, 0.2) is 0 Å². The van der Waals surface area contributed by atoms with Crippen molar-refractivity contribution in [2.75, 3.05) is 24.9 Å². The highest BCUT2D eigenvalue weighted by atomic mass is 32.1. The van der Waals surface area contributed by atoms with Crippen molar-refractivity contribution in [2.45, 2.75) is 13.0 Å². The number of allylic oxidation sites excluding steroid dienone is 1. The number of carbonyl (C=O) groups is 1. The van der Waals surface area contributed by atoms with E-state index in [1.807, 2.05) is 24.4 Å². The number of methoxy groups -OCH3 is 2. The lowest BCUT2D eigenvalue weighted by Crippen LogP contribution is -2.31. The van der Waals surface area contributed by atoms with Crippen molar-refractivity contribution in [2.24, 2.45) is 0 Å². The largest absolute Gasteiger partial charge is 0.497 e. The van der Waals surface area contributed by atoms with Crippen molar-refractivity contribution in [3.8, 4) is 11.5 Å². The second-order valence-electron chi connectivity index (χ2n) is 6.05. The lowest BCUT2D eigenvalue weighted by molar-refractivity contribution is -0.113. The van der Waals surface area contributed by atoms with E-state index in [0.717, 1.165) is 4.88 Å². The van der Waals surface area contributed by atoms with Crippen LogP contribution >= 0.6 is 11.3 Å². The number of benzene rings is 1. The van der Waals surface area contributed by atoms with Crippen LogP contribution in [0.15, 0.2) is 47.0 Å². The Labute approximate surface area is 165 Å². The molecule has 3 heterocycles. The Hall–Kier alpha value is -3.40. The summed E-state index contributed by atoms with van der Waals surface area (Å²) < 4.78 is 12.2. The van der Waals surface area contributed by atoms with Crippen molar-refractivity contribution in [1.29, 1.82) is 0 Å². The van der Waals surface area contributed by atoms with E-state index in [1.54, 1.807) is 37.1 Å². The van der Waals surface area contributed by atoms with E-state index in [-0.39, 0.29) is 5.91 Å². The lowest BCUT2D eigenvalue weighted by Gasteiger charge is -2.27. The molecule has 28 heavy (non-hydrogen) atoms. The summed E-state index contributed by atoms with van der Waals surface area (Å²) in [6.45, 7) is 1.83. The zero-order valence-corrected chi connectivity index (χ0v) is 16.3. The number of anilines is 2. The molecule has 1 aliphatic rings. The SMILES string of the molecule is COc1ccc(OC)c(NC(=O)C2=C(C)Nc3nnnn3C2c2cccs2)c1. The summed E-state index contributed by atoms with van der Waals surface area (Å²) in [6, 6.07) is 8.68. The summed E-state index contributed by atoms with van der Waals surface area (Å²) in [5.41, 5.74) is 1.71. The van der Waals surface area contributed by atoms with Crippen molar-refractivity contribution in [3.63, 3.8) is 0 Å². The standard InChI is InChI=1S/C18H18N6O3S/c1-10-15(17(25)20-12-9-11(26-2)6-7-13(12)27-3)16(14-5-4-8-28-14)24-18(19-10)21-22-23-24/h4-9,16H,1-3H3,(H,20,25)(H,19,21,23). The van der Waals surface area contributed by atoms with Gasteiger partial charge in [-0.2, -0.15) is 4.68 Å². The molecule has 1 aliphatic heterocycles. The average Bonchev–Trinajstić information content (AvgIpc) is 3.38. The van der Waals surface area contributed by atoms with Crippen LogP contribution in [0.25, 0.3) is 0 Å². The van der Waals surface area contributed by atoms with Gasteiger partial charge >= 0.3 is 0 Å². The predicted molar refractivity (Wildman–Crippen MR) is 105 cm³/mol. The molecule has 1 aromatic carbocycles. The van der Waals surface area contributed by atoms with Gasteiger partial charge in [0.05, 0.1) is 25.5 Å². The Morgan fingerprint density at radius 1 is 1.29 bits per heavy atom. The zero-order chi connectivity index (χ0) is 19.7. The number of amides is 1. The minimum Gasteiger partial charge on any atom is -0.497 e. The fourth-order valence-electron chi connectivity index (χ4n) is 3.12. The molecule has 0 fully saturated rings. The molecule has 0 aliphatic carbocycles. The molecule has 0 bridgehead atoms. The van der Waals surface area contributed by atoms with Gasteiger partial charge in [-0.05, 0) is 40.9 Å². The van der Waals surface area contributed by atoms with Gasteiger partial charge in [0, 0.05) is 16.6 Å². The summed E-state index contributed by atoms with van der Waals surface area (Å²) in [4.78, 5) is 14.3. The van der Waals surface area contributed by atoms with Gasteiger partial charge in [-0.25, -0.2) is 0 Å². The van der Waals surface area contributed by atoms with Crippen LogP contribution in [0.1, 0.15) is 17.8 Å². The molecule has 9 nitrogen and oxygen atoms in total. The van der Waals surface area contributed by atoms with Gasteiger partial charge in [-0.15, -0.1) is 11.3 Å². The summed E-state index contributed by atoms with van der Waals surface area (Å²) in [5.74, 6) is 1.36. The minimum absolute atomic E-state index is 0.281. The fraction of sp³-hybridized carbons (Fsp3) is 0.222. The van der Waals surface area contributed by atoms with Gasteiger partial charge in [0.25, 0.3) is 5.91 Å². The van der Waals surface area contributed by atoms with E-state index >= 15 is 0 Å². The first-order valence-electron chi connectivity index (χ1n) is 8.44. The quantitative estimate of drug-likeness (QED) is 0.681. The Balaban J connectivity index is 1.74. The minimum atomic E-state index is -0.428. The molecule has 2 aromatic heterocycles. The van der Waals surface area contributed by atoms with Gasteiger partial charge in [0.1, 0.15) is 17.5 Å². The number of hydrogen-bond donors (Lipinski definition) is 2. The number of hydrogen-bond acceptors (Lipinski definition) is 8. The number of carbonyl (C=O) groups excluding carboxylic acids is 1. The van der Waals surface area contributed by atoms with Crippen LogP contribution in [-0.2, 0) is 4.79 Å². The van der Waals surface area contributed by atoms with E-state index in [1.165, 1.54) is 11.3 Å². The molecule has 1 atom stereocenters. The molecule has 4 rings (SSSR count). The zero-order valence-electron chi connectivity index (χ0n) is 15.5. The molecule has 1 unspecified atom stereocenters. The topological polar surface area (TPSA) is 103 Å². The smallest absolute Gasteiger partial charge is 0.256 e. The first kappa shape index (κ1) is 18.0. The summed E-state index contributed by atoms with van der Waals surface area (Å²) in [7, 11) is 3.11. The van der Waals surface area contributed by atoms with Gasteiger partial charge < -0.3 is 20.1 Å².